The molecule has 6 rings (SSSR count). The average Bonchev–Trinajstić information content (AvgIpc) is 3.25. The van der Waals surface area contributed by atoms with Crippen molar-refractivity contribution < 1.29 is 9.53 Å². The summed E-state index contributed by atoms with van der Waals surface area (Å²) >= 11 is 0. The molecular weight excluding hydrogens is 400 g/mol. The summed E-state index contributed by atoms with van der Waals surface area (Å²) in [5.41, 5.74) is 4.19. The first-order valence-corrected chi connectivity index (χ1v) is 11.4. The van der Waals surface area contributed by atoms with Crippen LogP contribution in [-0.4, -0.2) is 53.4 Å². The van der Waals surface area contributed by atoms with Crippen molar-refractivity contribution in [2.45, 2.75) is 24.8 Å². The molecule has 1 amide bonds. The average molecular weight is 431 g/mol. The summed E-state index contributed by atoms with van der Waals surface area (Å²) in [5, 5.41) is 7.94. The van der Waals surface area contributed by atoms with E-state index in [-0.39, 0.29) is 5.91 Å². The fourth-order valence-corrected chi connectivity index (χ4v) is 5.32. The molecule has 166 valence electrons. The molecule has 1 N–H and O–H groups in total. The number of aryl methyl sites for hydroxylation is 1. The summed E-state index contributed by atoms with van der Waals surface area (Å²) < 4.78 is 7.24. The van der Waals surface area contributed by atoms with E-state index in [9.17, 15) is 4.79 Å². The second-order valence-electron chi connectivity index (χ2n) is 8.92. The molecule has 2 bridgehead atoms. The van der Waals surface area contributed by atoms with Gasteiger partial charge < -0.3 is 10.1 Å². The number of amides is 1. The van der Waals surface area contributed by atoms with E-state index in [4.69, 9.17) is 9.84 Å². The van der Waals surface area contributed by atoms with Crippen molar-refractivity contribution >= 4 is 5.91 Å². The summed E-state index contributed by atoms with van der Waals surface area (Å²) in [6, 6.07) is 20.3. The van der Waals surface area contributed by atoms with E-state index in [1.165, 1.54) is 12.1 Å². The molecule has 3 saturated heterocycles. The van der Waals surface area contributed by atoms with Gasteiger partial charge in [-0.2, -0.15) is 5.10 Å². The molecular formula is C26H30N4O2. The number of benzene rings is 2. The quantitative estimate of drug-likeness (QED) is 0.648. The number of aromatic nitrogens is 2. The van der Waals surface area contributed by atoms with E-state index in [1.54, 1.807) is 7.11 Å². The normalized spacial score (nSPS) is 24.3. The maximum absolute atomic E-state index is 12.6. The molecule has 32 heavy (non-hydrogen) atoms. The number of fused-ring (bicyclic) bond motifs is 3. The second kappa shape index (κ2) is 8.79. The van der Waals surface area contributed by atoms with Gasteiger partial charge in [-0.1, -0.05) is 30.3 Å². The van der Waals surface area contributed by atoms with Crippen LogP contribution in [0.3, 0.4) is 0 Å². The molecule has 0 radical (unpaired) electrons. The number of carbonyl (C=O) groups is 1. The molecule has 6 heteroatoms. The number of piperidine rings is 3. The molecule has 3 aromatic rings. The summed E-state index contributed by atoms with van der Waals surface area (Å²) in [5.74, 6) is 1.86. The maximum Gasteiger partial charge on any atom is 0.251 e. The summed E-state index contributed by atoms with van der Waals surface area (Å²) in [6.07, 6.45) is 2.32. The van der Waals surface area contributed by atoms with Crippen LogP contribution in [0.5, 0.6) is 5.75 Å². The van der Waals surface area contributed by atoms with Gasteiger partial charge in [-0.05, 0) is 55.6 Å². The van der Waals surface area contributed by atoms with Crippen LogP contribution in [0.4, 0.5) is 0 Å². The van der Waals surface area contributed by atoms with Crippen LogP contribution in [0.15, 0.2) is 60.7 Å². The smallest absolute Gasteiger partial charge is 0.251 e. The molecule has 3 aliphatic rings. The van der Waals surface area contributed by atoms with E-state index in [0.717, 1.165) is 36.5 Å². The van der Waals surface area contributed by atoms with Crippen molar-refractivity contribution in [3.8, 4) is 17.0 Å². The Morgan fingerprint density at radius 2 is 1.94 bits per heavy atom. The molecule has 1 unspecified atom stereocenters. The Balaban J connectivity index is 1.23. The lowest BCUT2D eigenvalue weighted by Gasteiger charge is -2.50. The molecule has 0 saturated carbocycles. The van der Waals surface area contributed by atoms with Crippen molar-refractivity contribution in [2.75, 3.05) is 26.7 Å². The molecule has 3 fully saturated rings. The molecule has 1 aromatic heterocycles. The van der Waals surface area contributed by atoms with E-state index in [1.807, 2.05) is 30.3 Å². The predicted octanol–water partition coefficient (Wildman–Crippen LogP) is 3.70. The van der Waals surface area contributed by atoms with Crippen LogP contribution >= 0.6 is 0 Å². The summed E-state index contributed by atoms with van der Waals surface area (Å²) in [6.45, 7) is 2.82. The Morgan fingerprint density at radius 3 is 2.62 bits per heavy atom. The number of nitrogens with one attached hydrogen (secondary N) is 1. The molecule has 0 aliphatic carbocycles. The highest BCUT2D eigenvalue weighted by Gasteiger charge is 2.41. The third-order valence-corrected chi connectivity index (χ3v) is 7.09. The predicted molar refractivity (Wildman–Crippen MR) is 125 cm³/mol. The van der Waals surface area contributed by atoms with Crippen LogP contribution in [0, 0.1) is 5.92 Å². The fraction of sp³-hybridized carbons (Fsp3) is 0.385. The zero-order chi connectivity index (χ0) is 22.1. The molecule has 4 heterocycles. The lowest BCUT2D eigenvalue weighted by Crippen LogP contribution is -2.56. The lowest BCUT2D eigenvalue weighted by molar-refractivity contribution is 0.0280. The number of rotatable bonds is 6. The SMILES string of the molecule is COc1ccc(C(=O)NC[C@H]2C[C@@H]3CCN2C[C@@H]3c2cc(-c3ccccc3)nn2C)cc1. The Morgan fingerprint density at radius 1 is 1.16 bits per heavy atom. The van der Waals surface area contributed by atoms with Crippen molar-refractivity contribution in [3.05, 3.63) is 71.9 Å². The van der Waals surface area contributed by atoms with E-state index in [0.29, 0.717) is 30.0 Å². The minimum Gasteiger partial charge on any atom is -0.497 e. The number of hydrogen-bond acceptors (Lipinski definition) is 4. The molecule has 2 aromatic carbocycles. The summed E-state index contributed by atoms with van der Waals surface area (Å²) in [4.78, 5) is 15.1. The Labute approximate surface area is 189 Å². The molecule has 6 nitrogen and oxygen atoms in total. The van der Waals surface area contributed by atoms with Gasteiger partial charge in [0.15, 0.2) is 0 Å². The third-order valence-electron chi connectivity index (χ3n) is 7.09. The van der Waals surface area contributed by atoms with Crippen LogP contribution in [-0.2, 0) is 7.05 Å². The highest BCUT2D eigenvalue weighted by atomic mass is 16.5. The first-order valence-electron chi connectivity index (χ1n) is 11.4. The topological polar surface area (TPSA) is 59.4 Å². The molecule has 0 spiro atoms. The van der Waals surface area contributed by atoms with Gasteiger partial charge in [0.25, 0.3) is 5.91 Å². The van der Waals surface area contributed by atoms with Crippen molar-refractivity contribution in [1.29, 1.82) is 0 Å². The van der Waals surface area contributed by atoms with Gasteiger partial charge in [0, 0.05) is 48.9 Å². The van der Waals surface area contributed by atoms with E-state index >= 15 is 0 Å². The first kappa shape index (κ1) is 20.8. The van der Waals surface area contributed by atoms with Crippen LogP contribution < -0.4 is 10.1 Å². The van der Waals surface area contributed by atoms with Gasteiger partial charge in [0.2, 0.25) is 0 Å². The minimum absolute atomic E-state index is 0.0222. The van der Waals surface area contributed by atoms with Crippen molar-refractivity contribution in [2.24, 2.45) is 13.0 Å². The van der Waals surface area contributed by atoms with Crippen LogP contribution in [0.1, 0.15) is 34.8 Å². The van der Waals surface area contributed by atoms with Crippen molar-refractivity contribution in [1.82, 2.24) is 20.0 Å². The van der Waals surface area contributed by atoms with Gasteiger partial charge >= 0.3 is 0 Å². The van der Waals surface area contributed by atoms with Gasteiger partial charge in [0.05, 0.1) is 12.8 Å². The van der Waals surface area contributed by atoms with E-state index < -0.39 is 0 Å². The third kappa shape index (κ3) is 4.02. The Bertz CT molecular complexity index is 1080. The minimum atomic E-state index is -0.0222. The zero-order valence-electron chi connectivity index (χ0n) is 18.7. The number of carbonyl (C=O) groups excluding carboxylic acids is 1. The second-order valence-corrected chi connectivity index (χ2v) is 8.92. The zero-order valence-corrected chi connectivity index (χ0v) is 18.7. The highest BCUT2D eigenvalue weighted by Crippen LogP contribution is 2.42. The van der Waals surface area contributed by atoms with Gasteiger partial charge in [-0.3, -0.25) is 14.4 Å². The van der Waals surface area contributed by atoms with E-state index in [2.05, 4.69) is 52.3 Å². The number of ether oxygens (including phenoxy) is 1. The first-order chi connectivity index (χ1) is 15.6. The largest absolute Gasteiger partial charge is 0.497 e. The van der Waals surface area contributed by atoms with Crippen LogP contribution in [0.2, 0.25) is 0 Å². The molecule has 3 aliphatic heterocycles. The van der Waals surface area contributed by atoms with Gasteiger partial charge in [-0.25, -0.2) is 0 Å². The molecule has 4 atom stereocenters. The fourth-order valence-electron chi connectivity index (χ4n) is 5.32. The maximum atomic E-state index is 12.6. The lowest BCUT2D eigenvalue weighted by atomic mass is 9.74. The Kier molecular flexibility index (Phi) is 5.70. The standard InChI is InChI=1S/C26H30N4O2/c1-29-25(15-24(28-29)18-6-4-3-5-7-18)23-17-30-13-12-20(23)14-21(30)16-27-26(31)19-8-10-22(32-2)11-9-19/h3-11,15,20-21,23H,12-14,16-17H2,1-2H3,(H,27,31)/t20-,21+,23-/m0/s1. The van der Waals surface area contributed by atoms with Gasteiger partial charge in [0.1, 0.15) is 5.75 Å². The number of nitrogens with zero attached hydrogens (tertiary/aromatic N) is 3. The summed E-state index contributed by atoms with van der Waals surface area (Å²) in [7, 11) is 3.69. The highest BCUT2D eigenvalue weighted by molar-refractivity contribution is 5.94. The van der Waals surface area contributed by atoms with Crippen molar-refractivity contribution in [3.63, 3.8) is 0 Å². The Hall–Kier alpha value is -3.12. The van der Waals surface area contributed by atoms with Gasteiger partial charge in [-0.15, -0.1) is 0 Å². The van der Waals surface area contributed by atoms with Crippen LogP contribution in [0.25, 0.3) is 11.3 Å². The number of hydrogen-bond donors (Lipinski definition) is 1. The number of methoxy groups -OCH3 is 1. The monoisotopic (exact) mass is 430 g/mol.